The first kappa shape index (κ1) is 17.8. The van der Waals surface area contributed by atoms with Crippen molar-refractivity contribution in [1.29, 1.82) is 0 Å². The molecule has 0 spiro atoms. The third-order valence-corrected chi connectivity index (χ3v) is 4.88. The van der Waals surface area contributed by atoms with E-state index < -0.39 is 0 Å². The molecule has 0 amide bonds. The van der Waals surface area contributed by atoms with Crippen LogP contribution in [-0.2, 0) is 6.42 Å². The number of aromatic amines is 1. The van der Waals surface area contributed by atoms with Crippen molar-refractivity contribution in [3.63, 3.8) is 0 Å². The number of ether oxygens (including phenoxy) is 2. The minimum atomic E-state index is 0.717. The number of benzene rings is 2. The number of nitrogens with one attached hydrogen (secondary N) is 1. The zero-order valence-corrected chi connectivity index (χ0v) is 16.2. The molecule has 0 saturated heterocycles. The van der Waals surface area contributed by atoms with Crippen molar-refractivity contribution in [2.45, 2.75) is 19.3 Å². The van der Waals surface area contributed by atoms with E-state index in [4.69, 9.17) is 15.2 Å². The summed E-state index contributed by atoms with van der Waals surface area (Å²) in [4.78, 5) is 3.57. The average Bonchev–Trinajstić information content (AvgIpc) is 2.99. The molecule has 3 rings (SSSR count). The molecular formula is C20H23BrN2O2. The van der Waals surface area contributed by atoms with Crippen molar-refractivity contribution in [3.8, 4) is 22.8 Å². The van der Waals surface area contributed by atoms with Gasteiger partial charge in [0.2, 0.25) is 0 Å². The van der Waals surface area contributed by atoms with E-state index in [1.54, 1.807) is 14.2 Å². The van der Waals surface area contributed by atoms with Crippen LogP contribution in [0.4, 0.5) is 0 Å². The van der Waals surface area contributed by atoms with Crippen LogP contribution in [0.15, 0.2) is 40.9 Å². The van der Waals surface area contributed by atoms with Crippen LogP contribution in [0.2, 0.25) is 0 Å². The molecule has 3 N–H and O–H groups in total. The quantitative estimate of drug-likeness (QED) is 0.552. The number of hydrogen-bond donors (Lipinski definition) is 2. The van der Waals surface area contributed by atoms with Gasteiger partial charge in [0, 0.05) is 32.7 Å². The molecule has 4 nitrogen and oxygen atoms in total. The Morgan fingerprint density at radius 2 is 1.72 bits per heavy atom. The lowest BCUT2D eigenvalue weighted by Crippen LogP contribution is -1.99. The molecule has 1 heterocycles. The van der Waals surface area contributed by atoms with Gasteiger partial charge >= 0.3 is 0 Å². The first-order valence-electron chi connectivity index (χ1n) is 8.40. The molecule has 0 bridgehead atoms. The topological polar surface area (TPSA) is 60.3 Å². The van der Waals surface area contributed by atoms with E-state index in [0.717, 1.165) is 52.0 Å². The van der Waals surface area contributed by atoms with Gasteiger partial charge in [0.25, 0.3) is 0 Å². The first-order valence-corrected chi connectivity index (χ1v) is 9.19. The zero-order valence-electron chi connectivity index (χ0n) is 14.6. The molecule has 25 heavy (non-hydrogen) atoms. The fraction of sp³-hybridized carbons (Fsp3) is 0.300. The highest BCUT2D eigenvalue weighted by atomic mass is 79.9. The number of aryl methyl sites for hydroxylation is 1. The minimum Gasteiger partial charge on any atom is -0.497 e. The van der Waals surface area contributed by atoms with Crippen LogP contribution in [0.3, 0.4) is 0 Å². The summed E-state index contributed by atoms with van der Waals surface area (Å²) in [6.45, 7) is 0.717. The van der Waals surface area contributed by atoms with E-state index in [1.807, 2.05) is 18.2 Å². The predicted molar refractivity (Wildman–Crippen MR) is 107 cm³/mol. The SMILES string of the molecule is COc1cc(OC)cc(-c2[nH]c3ccc(Br)cc3c2CCCCN)c1. The molecule has 2 aromatic carbocycles. The Labute approximate surface area is 156 Å². The number of methoxy groups -OCH3 is 2. The van der Waals surface area contributed by atoms with Crippen molar-refractivity contribution in [3.05, 3.63) is 46.4 Å². The summed E-state index contributed by atoms with van der Waals surface area (Å²) in [5, 5.41) is 1.24. The highest BCUT2D eigenvalue weighted by Crippen LogP contribution is 2.36. The van der Waals surface area contributed by atoms with Crippen molar-refractivity contribution in [2.24, 2.45) is 5.73 Å². The van der Waals surface area contributed by atoms with E-state index in [9.17, 15) is 0 Å². The molecule has 3 aromatic rings. The first-order chi connectivity index (χ1) is 12.2. The van der Waals surface area contributed by atoms with Crippen LogP contribution in [0.25, 0.3) is 22.2 Å². The summed E-state index contributed by atoms with van der Waals surface area (Å²) in [5.41, 5.74) is 10.3. The van der Waals surface area contributed by atoms with E-state index in [0.29, 0.717) is 6.54 Å². The van der Waals surface area contributed by atoms with Gasteiger partial charge in [0.05, 0.1) is 14.2 Å². The van der Waals surface area contributed by atoms with Gasteiger partial charge in [-0.3, -0.25) is 0 Å². The second kappa shape index (κ2) is 7.93. The molecule has 0 atom stereocenters. The molecule has 5 heteroatoms. The van der Waals surface area contributed by atoms with Gasteiger partial charge in [0.15, 0.2) is 0 Å². The number of aromatic nitrogens is 1. The average molecular weight is 403 g/mol. The summed E-state index contributed by atoms with van der Waals surface area (Å²) in [7, 11) is 3.34. The van der Waals surface area contributed by atoms with Gasteiger partial charge in [0.1, 0.15) is 11.5 Å². The maximum Gasteiger partial charge on any atom is 0.123 e. The highest BCUT2D eigenvalue weighted by molar-refractivity contribution is 9.10. The van der Waals surface area contributed by atoms with E-state index in [-0.39, 0.29) is 0 Å². The fourth-order valence-electron chi connectivity index (χ4n) is 3.12. The van der Waals surface area contributed by atoms with E-state index in [2.05, 4.69) is 39.1 Å². The van der Waals surface area contributed by atoms with Gasteiger partial charge < -0.3 is 20.2 Å². The van der Waals surface area contributed by atoms with Gasteiger partial charge in [-0.05, 0) is 61.7 Å². The van der Waals surface area contributed by atoms with Gasteiger partial charge in [-0.1, -0.05) is 15.9 Å². The number of rotatable bonds is 7. The number of nitrogens with two attached hydrogens (primary N) is 1. The van der Waals surface area contributed by atoms with Crippen molar-refractivity contribution in [1.82, 2.24) is 4.98 Å². The van der Waals surface area contributed by atoms with Gasteiger partial charge in [-0.15, -0.1) is 0 Å². The number of hydrogen-bond acceptors (Lipinski definition) is 3. The Balaban J connectivity index is 2.15. The molecular weight excluding hydrogens is 380 g/mol. The van der Waals surface area contributed by atoms with Crippen LogP contribution < -0.4 is 15.2 Å². The monoisotopic (exact) mass is 402 g/mol. The number of halogens is 1. The molecule has 1 aromatic heterocycles. The van der Waals surface area contributed by atoms with Crippen LogP contribution in [0.1, 0.15) is 18.4 Å². The molecule has 0 aliphatic carbocycles. The van der Waals surface area contributed by atoms with Crippen LogP contribution >= 0.6 is 15.9 Å². The smallest absolute Gasteiger partial charge is 0.123 e. The van der Waals surface area contributed by atoms with E-state index >= 15 is 0 Å². The maximum atomic E-state index is 5.68. The largest absolute Gasteiger partial charge is 0.497 e. The Bertz CT molecular complexity index is 851. The number of H-pyrrole nitrogens is 1. The predicted octanol–water partition coefficient (Wildman–Crippen LogP) is 4.90. The zero-order chi connectivity index (χ0) is 17.8. The molecule has 0 aliphatic rings. The summed E-state index contributed by atoms with van der Waals surface area (Å²) in [6.07, 6.45) is 3.05. The highest BCUT2D eigenvalue weighted by Gasteiger charge is 2.15. The summed E-state index contributed by atoms with van der Waals surface area (Å²) >= 11 is 3.59. The number of unbranched alkanes of at least 4 members (excludes halogenated alkanes) is 1. The van der Waals surface area contributed by atoms with Crippen molar-refractivity contribution < 1.29 is 9.47 Å². The van der Waals surface area contributed by atoms with Crippen LogP contribution in [0.5, 0.6) is 11.5 Å². The standard InChI is InChI=1S/C20H23BrN2O2/c1-24-15-9-13(10-16(12-15)25-2)20-17(5-3-4-8-22)18-11-14(21)6-7-19(18)23-20/h6-7,9-12,23H,3-5,8,22H2,1-2H3. The van der Waals surface area contributed by atoms with E-state index in [1.165, 1.54) is 10.9 Å². The number of fused-ring (bicyclic) bond motifs is 1. The molecule has 0 unspecified atom stereocenters. The molecule has 132 valence electrons. The second-order valence-corrected chi connectivity index (χ2v) is 6.93. The Morgan fingerprint density at radius 3 is 2.36 bits per heavy atom. The summed E-state index contributed by atoms with van der Waals surface area (Å²) in [6, 6.07) is 12.3. The van der Waals surface area contributed by atoms with Crippen LogP contribution in [0, 0.1) is 0 Å². The van der Waals surface area contributed by atoms with Crippen molar-refractivity contribution in [2.75, 3.05) is 20.8 Å². The third-order valence-electron chi connectivity index (χ3n) is 4.39. The molecule has 0 aliphatic heterocycles. The molecule has 0 radical (unpaired) electrons. The van der Waals surface area contributed by atoms with Crippen molar-refractivity contribution >= 4 is 26.8 Å². The van der Waals surface area contributed by atoms with Gasteiger partial charge in [-0.25, -0.2) is 0 Å². The third kappa shape index (κ3) is 3.83. The second-order valence-electron chi connectivity index (χ2n) is 6.02. The van der Waals surface area contributed by atoms with Crippen LogP contribution in [-0.4, -0.2) is 25.7 Å². The lowest BCUT2D eigenvalue weighted by Gasteiger charge is -2.10. The minimum absolute atomic E-state index is 0.717. The molecule has 0 saturated carbocycles. The normalized spacial score (nSPS) is 11.0. The lowest BCUT2D eigenvalue weighted by molar-refractivity contribution is 0.394. The Hall–Kier alpha value is -1.98. The Kier molecular flexibility index (Phi) is 5.66. The summed E-state index contributed by atoms with van der Waals surface area (Å²) < 4.78 is 11.9. The summed E-state index contributed by atoms with van der Waals surface area (Å²) in [5.74, 6) is 1.56. The maximum absolute atomic E-state index is 5.68. The Morgan fingerprint density at radius 1 is 1.00 bits per heavy atom. The lowest BCUT2D eigenvalue weighted by atomic mass is 10.00. The van der Waals surface area contributed by atoms with Gasteiger partial charge in [-0.2, -0.15) is 0 Å². The molecule has 0 fully saturated rings. The fourth-order valence-corrected chi connectivity index (χ4v) is 3.48.